The number of aliphatic hydroxyl groups is 2. The molecule has 4 rings (SSSR count). The molecule has 0 radical (unpaired) electrons. The number of rotatable bonds is 7. The van der Waals surface area contributed by atoms with Crippen LogP contribution in [0.25, 0.3) is 11.1 Å². The van der Waals surface area contributed by atoms with Crippen molar-refractivity contribution < 1.29 is 29.6 Å². The van der Waals surface area contributed by atoms with E-state index in [0.717, 1.165) is 22.3 Å². The molecule has 32 heavy (non-hydrogen) atoms. The van der Waals surface area contributed by atoms with E-state index < -0.39 is 18.3 Å². The zero-order valence-electron chi connectivity index (χ0n) is 17.1. The number of fused-ring (bicyclic) bond motifs is 3. The van der Waals surface area contributed by atoms with Crippen molar-refractivity contribution in [2.45, 2.75) is 18.1 Å². The highest BCUT2D eigenvalue weighted by Gasteiger charge is 2.29. The summed E-state index contributed by atoms with van der Waals surface area (Å²) in [6.45, 7) is -0.150. The van der Waals surface area contributed by atoms with Crippen LogP contribution in [0.2, 0.25) is 0 Å². The van der Waals surface area contributed by atoms with Crippen LogP contribution in [-0.4, -0.2) is 47.0 Å². The molecule has 1 amide bonds. The molecular weight excluding hydrogens is 410 g/mol. The van der Waals surface area contributed by atoms with Crippen molar-refractivity contribution in [3.63, 3.8) is 0 Å². The standard InChI is InChI=1S/C25H23NO6/c27-13-15-11-16(28)9-10-17(15)24(30)23(29)12-26-25(31)32-14-22-20-7-3-1-5-18(20)19-6-2-4-8-21(19)22/h1-11,13,22-24,28-30H,12,14H2,(H,26,31). The van der Waals surface area contributed by atoms with Gasteiger partial charge in [-0.1, -0.05) is 54.6 Å². The monoisotopic (exact) mass is 433 g/mol. The van der Waals surface area contributed by atoms with Crippen molar-refractivity contribution >= 4 is 12.4 Å². The van der Waals surface area contributed by atoms with Crippen LogP contribution in [0.15, 0.2) is 66.7 Å². The predicted molar refractivity (Wildman–Crippen MR) is 118 cm³/mol. The quantitative estimate of drug-likeness (QED) is 0.426. The van der Waals surface area contributed by atoms with Crippen LogP contribution in [0.1, 0.15) is 39.1 Å². The number of alkyl carbamates (subject to hydrolysis) is 1. The van der Waals surface area contributed by atoms with Crippen LogP contribution in [0, 0.1) is 0 Å². The fourth-order valence-electron chi connectivity index (χ4n) is 4.09. The van der Waals surface area contributed by atoms with Crippen LogP contribution in [0.3, 0.4) is 0 Å². The largest absolute Gasteiger partial charge is 0.508 e. The van der Waals surface area contributed by atoms with Crippen LogP contribution >= 0.6 is 0 Å². The molecule has 0 saturated carbocycles. The number of aromatic hydroxyl groups is 1. The van der Waals surface area contributed by atoms with Crippen molar-refractivity contribution in [1.29, 1.82) is 0 Å². The number of amides is 1. The molecule has 7 heteroatoms. The predicted octanol–water partition coefficient (Wildman–Crippen LogP) is 3.14. The van der Waals surface area contributed by atoms with E-state index in [4.69, 9.17) is 4.74 Å². The third-order valence-electron chi connectivity index (χ3n) is 5.68. The molecule has 164 valence electrons. The van der Waals surface area contributed by atoms with Gasteiger partial charge in [0.1, 0.15) is 24.6 Å². The molecule has 1 aliphatic rings. The zero-order valence-corrected chi connectivity index (χ0v) is 17.1. The Bertz CT molecular complexity index is 1100. The van der Waals surface area contributed by atoms with Gasteiger partial charge in [-0.15, -0.1) is 0 Å². The molecule has 1 aliphatic carbocycles. The number of carbonyl (C=O) groups excluding carboxylic acids is 2. The highest BCUT2D eigenvalue weighted by Crippen LogP contribution is 2.44. The lowest BCUT2D eigenvalue weighted by molar-refractivity contribution is 0.0182. The Kier molecular flexibility index (Phi) is 6.20. The van der Waals surface area contributed by atoms with Gasteiger partial charge >= 0.3 is 6.09 Å². The number of hydrogen-bond acceptors (Lipinski definition) is 6. The molecule has 0 aliphatic heterocycles. The molecule has 0 bridgehead atoms. The minimum atomic E-state index is -1.43. The number of benzene rings is 3. The number of nitrogens with one attached hydrogen (secondary N) is 1. The lowest BCUT2D eigenvalue weighted by Gasteiger charge is -2.20. The maximum absolute atomic E-state index is 12.2. The summed E-state index contributed by atoms with van der Waals surface area (Å²) in [5.74, 6) is -0.217. The summed E-state index contributed by atoms with van der Waals surface area (Å²) in [5.41, 5.74) is 4.62. The van der Waals surface area contributed by atoms with Gasteiger partial charge in [-0.05, 0) is 39.9 Å². The smallest absolute Gasteiger partial charge is 0.407 e. The van der Waals surface area contributed by atoms with E-state index in [2.05, 4.69) is 5.32 Å². The molecule has 2 atom stereocenters. The molecule has 7 nitrogen and oxygen atoms in total. The van der Waals surface area contributed by atoms with E-state index in [0.29, 0.717) is 6.29 Å². The molecular formula is C25H23NO6. The normalized spacial score (nSPS) is 14.2. The molecule has 0 saturated heterocycles. The Labute approximate surface area is 184 Å². The number of ether oxygens (including phenoxy) is 1. The first-order valence-electron chi connectivity index (χ1n) is 10.2. The Morgan fingerprint density at radius 2 is 1.62 bits per heavy atom. The van der Waals surface area contributed by atoms with Crippen LogP contribution in [0.4, 0.5) is 4.79 Å². The number of aliphatic hydroxyl groups excluding tert-OH is 2. The van der Waals surface area contributed by atoms with Crippen molar-refractivity contribution in [3.8, 4) is 16.9 Å². The number of carbonyl (C=O) groups is 2. The summed E-state index contributed by atoms with van der Waals surface area (Å²) in [4.78, 5) is 23.4. The maximum atomic E-state index is 12.2. The van der Waals surface area contributed by atoms with Gasteiger partial charge in [-0.3, -0.25) is 4.79 Å². The van der Waals surface area contributed by atoms with Crippen LogP contribution in [-0.2, 0) is 4.74 Å². The Hall–Kier alpha value is -3.68. The van der Waals surface area contributed by atoms with Crippen molar-refractivity contribution in [3.05, 3.63) is 89.0 Å². The van der Waals surface area contributed by atoms with Gasteiger partial charge in [0.05, 0.1) is 0 Å². The summed E-state index contributed by atoms with van der Waals surface area (Å²) < 4.78 is 5.40. The minimum Gasteiger partial charge on any atom is -0.508 e. The van der Waals surface area contributed by atoms with Crippen molar-refractivity contribution in [1.82, 2.24) is 5.32 Å². The second-order valence-corrected chi connectivity index (χ2v) is 7.65. The molecule has 0 aromatic heterocycles. The van der Waals surface area contributed by atoms with E-state index >= 15 is 0 Å². The maximum Gasteiger partial charge on any atom is 0.407 e. The highest BCUT2D eigenvalue weighted by molar-refractivity contribution is 5.79. The van der Waals surface area contributed by atoms with Crippen LogP contribution < -0.4 is 5.32 Å². The number of aldehydes is 1. The van der Waals surface area contributed by atoms with Crippen molar-refractivity contribution in [2.75, 3.05) is 13.2 Å². The molecule has 2 unspecified atom stereocenters. The average Bonchev–Trinajstić information content (AvgIpc) is 3.14. The van der Waals surface area contributed by atoms with Gasteiger partial charge in [-0.2, -0.15) is 0 Å². The molecule has 4 N–H and O–H groups in total. The highest BCUT2D eigenvalue weighted by atomic mass is 16.5. The SMILES string of the molecule is O=Cc1cc(O)ccc1C(O)C(O)CNC(=O)OCC1c2ccccc2-c2ccccc21. The first-order valence-corrected chi connectivity index (χ1v) is 10.2. The molecule has 0 fully saturated rings. The average molecular weight is 433 g/mol. The van der Waals surface area contributed by atoms with Gasteiger partial charge in [0.25, 0.3) is 0 Å². The van der Waals surface area contributed by atoms with Crippen molar-refractivity contribution in [2.24, 2.45) is 0 Å². The number of phenolic OH excluding ortho intramolecular Hbond substituents is 1. The first-order chi connectivity index (χ1) is 15.5. The summed E-state index contributed by atoms with van der Waals surface area (Å²) in [7, 11) is 0. The minimum absolute atomic E-state index is 0.0534. The second kappa shape index (κ2) is 9.21. The Morgan fingerprint density at radius 3 is 2.25 bits per heavy atom. The fraction of sp³-hybridized carbons (Fsp3) is 0.200. The fourth-order valence-corrected chi connectivity index (χ4v) is 4.09. The Morgan fingerprint density at radius 1 is 1.00 bits per heavy atom. The zero-order chi connectivity index (χ0) is 22.7. The second-order valence-electron chi connectivity index (χ2n) is 7.65. The van der Waals surface area contributed by atoms with Gasteiger partial charge in [0.2, 0.25) is 0 Å². The summed E-state index contributed by atoms with van der Waals surface area (Å²) in [6.07, 6.45) is -3.05. The van der Waals surface area contributed by atoms with Gasteiger partial charge in [-0.25, -0.2) is 4.79 Å². The molecule has 3 aromatic carbocycles. The molecule has 0 heterocycles. The first kappa shape index (κ1) is 21.5. The van der Waals surface area contributed by atoms with Crippen LogP contribution in [0.5, 0.6) is 5.75 Å². The van der Waals surface area contributed by atoms with E-state index in [9.17, 15) is 24.9 Å². The third-order valence-corrected chi connectivity index (χ3v) is 5.68. The van der Waals surface area contributed by atoms with E-state index in [-0.39, 0.29) is 35.9 Å². The van der Waals surface area contributed by atoms with Gasteiger partial charge in [0, 0.05) is 18.0 Å². The Balaban J connectivity index is 1.36. The van der Waals surface area contributed by atoms with E-state index in [1.165, 1.54) is 18.2 Å². The topological polar surface area (TPSA) is 116 Å². The number of phenols is 1. The van der Waals surface area contributed by atoms with E-state index in [1.54, 1.807) is 0 Å². The lowest BCUT2D eigenvalue weighted by atomic mass is 9.98. The molecule has 0 spiro atoms. The summed E-state index contributed by atoms with van der Waals surface area (Å²) in [6, 6.07) is 19.8. The lowest BCUT2D eigenvalue weighted by Crippen LogP contribution is -2.36. The summed E-state index contributed by atoms with van der Waals surface area (Å²) >= 11 is 0. The van der Waals surface area contributed by atoms with Gasteiger partial charge in [0.15, 0.2) is 6.29 Å². The third kappa shape index (κ3) is 4.21. The molecule has 3 aromatic rings. The summed E-state index contributed by atoms with van der Waals surface area (Å²) in [5, 5.41) is 32.5. The van der Waals surface area contributed by atoms with E-state index in [1.807, 2.05) is 48.5 Å². The number of hydrogen-bond donors (Lipinski definition) is 4. The van der Waals surface area contributed by atoms with Gasteiger partial charge < -0.3 is 25.4 Å².